The first-order valence-electron chi connectivity index (χ1n) is 8.16. The van der Waals surface area contributed by atoms with E-state index >= 15 is 0 Å². The third-order valence-electron chi connectivity index (χ3n) is 4.20. The Balaban J connectivity index is 2.41. The second kappa shape index (κ2) is 6.29. The summed E-state index contributed by atoms with van der Waals surface area (Å²) >= 11 is 0. The van der Waals surface area contributed by atoms with Gasteiger partial charge in [0.05, 0.1) is 5.69 Å². The van der Waals surface area contributed by atoms with Crippen LogP contribution < -0.4 is 15.4 Å². The lowest BCUT2D eigenvalue weighted by molar-refractivity contribution is -0.132. The largest absolute Gasteiger partial charge is 0.476 e. The maximum absolute atomic E-state index is 12.7. The van der Waals surface area contributed by atoms with Crippen LogP contribution in [-0.4, -0.2) is 18.1 Å². The Labute approximate surface area is 133 Å². The van der Waals surface area contributed by atoms with E-state index < -0.39 is 5.60 Å². The normalized spacial score (nSPS) is 18.1. The average Bonchev–Trinajstić information content (AvgIpc) is 2.46. The number of benzene rings is 1. The number of rotatable bonds is 5. The molecule has 1 heterocycles. The van der Waals surface area contributed by atoms with Gasteiger partial charge in [0, 0.05) is 12.6 Å². The summed E-state index contributed by atoms with van der Waals surface area (Å²) in [7, 11) is 0. The monoisotopic (exact) mass is 304 g/mol. The van der Waals surface area contributed by atoms with Gasteiger partial charge in [-0.15, -0.1) is 0 Å². The summed E-state index contributed by atoms with van der Waals surface area (Å²) < 4.78 is 5.90. The fourth-order valence-electron chi connectivity index (χ4n) is 2.66. The second-order valence-corrected chi connectivity index (χ2v) is 6.99. The summed E-state index contributed by atoms with van der Waals surface area (Å²) in [6, 6.07) is 5.94. The Morgan fingerprint density at radius 2 is 2.00 bits per heavy atom. The summed E-state index contributed by atoms with van der Waals surface area (Å²) in [5.74, 6) is 1.33. The first-order valence-corrected chi connectivity index (χ1v) is 8.16. The standard InChI is InChI=1S/C18H28N2O2/c1-6-14(19)13-7-8-16-15(11-13)20(10-9-12(2)3)17(21)18(4,5)22-16/h7-8,11-12,14H,6,9-10,19H2,1-5H3. The van der Waals surface area contributed by atoms with E-state index in [1.807, 2.05) is 36.9 Å². The zero-order chi connectivity index (χ0) is 16.5. The summed E-state index contributed by atoms with van der Waals surface area (Å²) in [6.07, 6.45) is 1.83. The molecule has 4 heteroatoms. The van der Waals surface area contributed by atoms with E-state index in [2.05, 4.69) is 20.8 Å². The fourth-order valence-corrected chi connectivity index (χ4v) is 2.66. The molecule has 0 spiro atoms. The van der Waals surface area contributed by atoms with E-state index in [0.29, 0.717) is 12.5 Å². The lowest BCUT2D eigenvalue weighted by atomic mass is 9.99. The number of fused-ring (bicyclic) bond motifs is 1. The Kier molecular flexibility index (Phi) is 4.81. The SMILES string of the molecule is CCC(N)c1ccc2c(c1)N(CCC(C)C)C(=O)C(C)(C)O2. The first kappa shape index (κ1) is 16.8. The molecule has 1 aromatic rings. The van der Waals surface area contributed by atoms with Gasteiger partial charge in [0.15, 0.2) is 5.60 Å². The summed E-state index contributed by atoms with van der Waals surface area (Å²) in [5, 5.41) is 0. The number of carbonyl (C=O) groups is 1. The van der Waals surface area contributed by atoms with E-state index in [0.717, 1.165) is 29.8 Å². The molecule has 4 nitrogen and oxygen atoms in total. The number of nitrogens with zero attached hydrogens (tertiary/aromatic N) is 1. The molecule has 2 N–H and O–H groups in total. The molecule has 22 heavy (non-hydrogen) atoms. The predicted octanol–water partition coefficient (Wildman–Crippen LogP) is 3.65. The van der Waals surface area contributed by atoms with Crippen molar-refractivity contribution in [2.45, 2.75) is 59.1 Å². The maximum atomic E-state index is 12.7. The highest BCUT2D eigenvalue weighted by Gasteiger charge is 2.40. The van der Waals surface area contributed by atoms with Crippen LogP contribution in [0.15, 0.2) is 18.2 Å². The number of hydrogen-bond donors (Lipinski definition) is 1. The van der Waals surface area contributed by atoms with Crippen molar-refractivity contribution in [1.82, 2.24) is 0 Å². The highest BCUT2D eigenvalue weighted by atomic mass is 16.5. The molecule has 0 radical (unpaired) electrons. The van der Waals surface area contributed by atoms with Gasteiger partial charge < -0.3 is 15.4 Å². The predicted molar refractivity (Wildman–Crippen MR) is 90.2 cm³/mol. The molecule has 0 saturated heterocycles. The van der Waals surface area contributed by atoms with Gasteiger partial charge >= 0.3 is 0 Å². The van der Waals surface area contributed by atoms with Crippen LogP contribution in [-0.2, 0) is 4.79 Å². The molecular formula is C18H28N2O2. The van der Waals surface area contributed by atoms with Crippen molar-refractivity contribution < 1.29 is 9.53 Å². The van der Waals surface area contributed by atoms with Crippen molar-refractivity contribution in [2.75, 3.05) is 11.4 Å². The van der Waals surface area contributed by atoms with E-state index in [4.69, 9.17) is 10.5 Å². The first-order chi connectivity index (χ1) is 10.3. The molecule has 1 aliphatic heterocycles. The molecule has 1 amide bonds. The van der Waals surface area contributed by atoms with E-state index in [9.17, 15) is 4.79 Å². The number of hydrogen-bond acceptors (Lipinski definition) is 3. The lowest BCUT2D eigenvalue weighted by Gasteiger charge is -2.39. The van der Waals surface area contributed by atoms with Crippen LogP contribution in [0.1, 0.15) is 59.1 Å². The molecule has 0 aliphatic carbocycles. The lowest BCUT2D eigenvalue weighted by Crippen LogP contribution is -2.53. The Bertz CT molecular complexity index is 552. The molecule has 0 aromatic heterocycles. The molecule has 0 saturated carbocycles. The van der Waals surface area contributed by atoms with Crippen LogP contribution in [0.3, 0.4) is 0 Å². The number of anilines is 1. The van der Waals surface area contributed by atoms with Crippen molar-refractivity contribution in [1.29, 1.82) is 0 Å². The molecule has 1 atom stereocenters. The third-order valence-corrected chi connectivity index (χ3v) is 4.20. The maximum Gasteiger partial charge on any atom is 0.270 e. The average molecular weight is 304 g/mol. The van der Waals surface area contributed by atoms with Crippen LogP contribution in [0.25, 0.3) is 0 Å². The van der Waals surface area contributed by atoms with E-state index in [1.54, 1.807) is 0 Å². The molecule has 0 bridgehead atoms. The molecule has 2 rings (SSSR count). The number of ether oxygens (including phenoxy) is 1. The summed E-state index contributed by atoms with van der Waals surface area (Å²) in [4.78, 5) is 14.6. The van der Waals surface area contributed by atoms with Crippen LogP contribution >= 0.6 is 0 Å². The van der Waals surface area contributed by atoms with Crippen LogP contribution in [0.2, 0.25) is 0 Å². The van der Waals surface area contributed by atoms with Crippen molar-refractivity contribution >= 4 is 11.6 Å². The van der Waals surface area contributed by atoms with Gasteiger partial charge in [0.1, 0.15) is 5.75 Å². The number of amides is 1. The van der Waals surface area contributed by atoms with Gasteiger partial charge in [-0.3, -0.25) is 4.79 Å². The van der Waals surface area contributed by atoms with Crippen molar-refractivity contribution in [3.05, 3.63) is 23.8 Å². The minimum Gasteiger partial charge on any atom is -0.476 e. The quantitative estimate of drug-likeness (QED) is 0.903. The smallest absolute Gasteiger partial charge is 0.270 e. The number of nitrogens with two attached hydrogens (primary N) is 1. The van der Waals surface area contributed by atoms with Gasteiger partial charge in [0.2, 0.25) is 0 Å². The third kappa shape index (κ3) is 3.27. The molecule has 1 aromatic carbocycles. The van der Waals surface area contributed by atoms with E-state index in [-0.39, 0.29) is 11.9 Å². The molecule has 0 fully saturated rings. The van der Waals surface area contributed by atoms with Gasteiger partial charge in [-0.2, -0.15) is 0 Å². The Morgan fingerprint density at radius 3 is 2.59 bits per heavy atom. The van der Waals surface area contributed by atoms with Crippen LogP contribution in [0.4, 0.5) is 5.69 Å². The summed E-state index contributed by atoms with van der Waals surface area (Å²) in [5.41, 5.74) is 7.22. The molecular weight excluding hydrogens is 276 g/mol. The van der Waals surface area contributed by atoms with E-state index in [1.165, 1.54) is 0 Å². The van der Waals surface area contributed by atoms with Gasteiger partial charge in [-0.1, -0.05) is 26.8 Å². The topological polar surface area (TPSA) is 55.6 Å². The van der Waals surface area contributed by atoms with Crippen molar-refractivity contribution in [3.8, 4) is 5.75 Å². The summed E-state index contributed by atoms with van der Waals surface area (Å²) in [6.45, 7) is 10.8. The van der Waals surface area contributed by atoms with Crippen molar-refractivity contribution in [3.63, 3.8) is 0 Å². The van der Waals surface area contributed by atoms with Gasteiger partial charge in [0.25, 0.3) is 5.91 Å². The number of carbonyl (C=O) groups excluding carboxylic acids is 1. The Hall–Kier alpha value is -1.55. The zero-order valence-corrected chi connectivity index (χ0v) is 14.3. The molecule has 122 valence electrons. The highest BCUT2D eigenvalue weighted by molar-refractivity contribution is 6.02. The van der Waals surface area contributed by atoms with Crippen molar-refractivity contribution in [2.24, 2.45) is 11.7 Å². The minimum absolute atomic E-state index is 0.0118. The fraction of sp³-hybridized carbons (Fsp3) is 0.611. The highest BCUT2D eigenvalue weighted by Crippen LogP contribution is 2.39. The Morgan fingerprint density at radius 1 is 1.32 bits per heavy atom. The van der Waals surface area contributed by atoms with Crippen LogP contribution in [0, 0.1) is 5.92 Å². The zero-order valence-electron chi connectivity index (χ0n) is 14.3. The minimum atomic E-state index is -0.821. The molecule has 1 unspecified atom stereocenters. The van der Waals surface area contributed by atoms with Gasteiger partial charge in [-0.25, -0.2) is 0 Å². The second-order valence-electron chi connectivity index (χ2n) is 6.99. The molecule has 1 aliphatic rings. The van der Waals surface area contributed by atoms with Crippen LogP contribution in [0.5, 0.6) is 5.75 Å². The van der Waals surface area contributed by atoms with Gasteiger partial charge in [-0.05, 0) is 50.3 Å².